The van der Waals surface area contributed by atoms with Crippen molar-refractivity contribution in [1.29, 1.82) is 0 Å². The molecule has 2 rings (SSSR count). The van der Waals surface area contributed by atoms with Gasteiger partial charge in [-0.1, -0.05) is 18.2 Å². The second-order valence-corrected chi connectivity index (χ2v) is 7.67. The van der Waals surface area contributed by atoms with E-state index in [0.717, 1.165) is 12.8 Å². The molecular formula is C15H24ClN3O3S. The number of carbonyl (C=O) groups excluding carboxylic acids is 1. The Morgan fingerprint density at radius 3 is 2.43 bits per heavy atom. The van der Waals surface area contributed by atoms with Crippen LogP contribution in [0.3, 0.4) is 0 Å². The number of amides is 1. The summed E-state index contributed by atoms with van der Waals surface area (Å²) in [4.78, 5) is 12.2. The van der Waals surface area contributed by atoms with Crippen LogP contribution in [0.15, 0.2) is 35.2 Å². The Labute approximate surface area is 143 Å². The maximum absolute atomic E-state index is 12.0. The Balaban J connectivity index is 0.00000264. The molecule has 23 heavy (non-hydrogen) atoms. The topological polar surface area (TPSA) is 101 Å². The lowest BCUT2D eigenvalue weighted by Crippen LogP contribution is -2.53. The zero-order valence-corrected chi connectivity index (χ0v) is 14.8. The van der Waals surface area contributed by atoms with Crippen LogP contribution in [0.2, 0.25) is 0 Å². The van der Waals surface area contributed by atoms with Crippen LogP contribution < -0.4 is 15.8 Å². The third-order valence-corrected chi connectivity index (χ3v) is 5.50. The molecule has 1 saturated carbocycles. The first-order valence-electron chi connectivity index (χ1n) is 7.43. The molecule has 1 aliphatic rings. The van der Waals surface area contributed by atoms with Crippen LogP contribution in [0, 0.1) is 5.92 Å². The van der Waals surface area contributed by atoms with E-state index in [1.165, 1.54) is 12.1 Å². The van der Waals surface area contributed by atoms with Gasteiger partial charge in [0, 0.05) is 19.5 Å². The predicted octanol–water partition coefficient (Wildman–Crippen LogP) is 1.02. The number of benzene rings is 1. The minimum atomic E-state index is -3.56. The maximum Gasteiger partial charge on any atom is 0.240 e. The van der Waals surface area contributed by atoms with E-state index in [0.29, 0.717) is 12.5 Å². The molecule has 0 radical (unpaired) electrons. The normalized spacial score (nSPS) is 17.0. The summed E-state index contributed by atoms with van der Waals surface area (Å²) in [6.45, 7) is 2.39. The highest BCUT2D eigenvalue weighted by Crippen LogP contribution is 2.38. The molecule has 0 saturated heterocycles. The molecule has 1 aliphatic carbocycles. The van der Waals surface area contributed by atoms with Crippen LogP contribution in [0.1, 0.15) is 26.2 Å². The van der Waals surface area contributed by atoms with Crippen molar-refractivity contribution in [2.75, 3.05) is 13.1 Å². The van der Waals surface area contributed by atoms with Gasteiger partial charge in [0.05, 0.1) is 10.4 Å². The molecule has 0 bridgehead atoms. The highest BCUT2D eigenvalue weighted by molar-refractivity contribution is 7.89. The second kappa shape index (κ2) is 8.10. The SMILES string of the molecule is CC(CN)(NC(=O)CCNS(=O)(=O)c1ccccc1)C1CC1.Cl. The van der Waals surface area contributed by atoms with Crippen molar-refractivity contribution >= 4 is 28.3 Å². The Bertz CT molecular complexity index is 620. The van der Waals surface area contributed by atoms with Gasteiger partial charge in [-0.25, -0.2) is 13.1 Å². The van der Waals surface area contributed by atoms with E-state index in [1.807, 2.05) is 6.92 Å². The highest BCUT2D eigenvalue weighted by Gasteiger charge is 2.41. The van der Waals surface area contributed by atoms with Gasteiger partial charge >= 0.3 is 0 Å². The Kier molecular flexibility index (Phi) is 7.01. The predicted molar refractivity (Wildman–Crippen MR) is 91.8 cm³/mol. The average molecular weight is 362 g/mol. The molecule has 1 amide bonds. The van der Waals surface area contributed by atoms with Gasteiger partial charge in [-0.15, -0.1) is 12.4 Å². The fourth-order valence-electron chi connectivity index (χ4n) is 2.40. The van der Waals surface area contributed by atoms with Crippen LogP contribution in [0.4, 0.5) is 0 Å². The zero-order valence-electron chi connectivity index (χ0n) is 13.1. The minimum absolute atomic E-state index is 0. The number of hydrogen-bond donors (Lipinski definition) is 3. The van der Waals surface area contributed by atoms with E-state index in [9.17, 15) is 13.2 Å². The standard InChI is InChI=1S/C15H23N3O3S.ClH/c1-15(11-16,12-7-8-12)18-14(19)9-10-17-22(20,21)13-5-3-2-4-6-13;/h2-6,12,17H,7-11,16H2,1H3,(H,18,19);1H. The van der Waals surface area contributed by atoms with E-state index < -0.39 is 10.0 Å². The number of nitrogens with one attached hydrogen (secondary N) is 2. The number of nitrogens with two attached hydrogens (primary N) is 1. The monoisotopic (exact) mass is 361 g/mol. The van der Waals surface area contributed by atoms with Crippen molar-refractivity contribution in [1.82, 2.24) is 10.0 Å². The van der Waals surface area contributed by atoms with Crippen molar-refractivity contribution < 1.29 is 13.2 Å². The number of sulfonamides is 1. The van der Waals surface area contributed by atoms with Gasteiger partial charge in [0.15, 0.2) is 0 Å². The summed E-state index contributed by atoms with van der Waals surface area (Å²) in [5.41, 5.74) is 5.36. The van der Waals surface area contributed by atoms with Crippen molar-refractivity contribution in [2.24, 2.45) is 11.7 Å². The zero-order chi connectivity index (χ0) is 16.2. The summed E-state index contributed by atoms with van der Waals surface area (Å²) in [6.07, 6.45) is 2.25. The van der Waals surface area contributed by atoms with Crippen LogP contribution in [-0.4, -0.2) is 33.0 Å². The second-order valence-electron chi connectivity index (χ2n) is 5.90. The molecule has 130 valence electrons. The van der Waals surface area contributed by atoms with Gasteiger partial charge < -0.3 is 11.1 Å². The molecule has 0 heterocycles. The van der Waals surface area contributed by atoms with E-state index in [-0.39, 0.29) is 41.7 Å². The van der Waals surface area contributed by atoms with Crippen LogP contribution in [-0.2, 0) is 14.8 Å². The molecule has 4 N–H and O–H groups in total. The lowest BCUT2D eigenvalue weighted by Gasteiger charge is -2.29. The Morgan fingerprint density at radius 2 is 1.91 bits per heavy atom. The fraction of sp³-hybridized carbons (Fsp3) is 0.533. The van der Waals surface area contributed by atoms with Gasteiger partial charge in [0.2, 0.25) is 15.9 Å². The summed E-state index contributed by atoms with van der Waals surface area (Å²) in [5, 5.41) is 2.93. The third-order valence-electron chi connectivity index (χ3n) is 4.03. The van der Waals surface area contributed by atoms with Crippen LogP contribution in [0.25, 0.3) is 0 Å². The number of hydrogen-bond acceptors (Lipinski definition) is 4. The first-order valence-corrected chi connectivity index (χ1v) is 8.91. The van der Waals surface area contributed by atoms with Crippen molar-refractivity contribution in [3.8, 4) is 0 Å². The minimum Gasteiger partial charge on any atom is -0.349 e. The van der Waals surface area contributed by atoms with E-state index in [4.69, 9.17) is 5.73 Å². The molecule has 0 spiro atoms. The Hall–Kier alpha value is -1.15. The Morgan fingerprint density at radius 1 is 1.30 bits per heavy atom. The molecule has 1 fully saturated rings. The van der Waals surface area contributed by atoms with Crippen LogP contribution >= 0.6 is 12.4 Å². The van der Waals surface area contributed by atoms with Gasteiger partial charge in [0.25, 0.3) is 0 Å². The molecule has 0 aliphatic heterocycles. The molecule has 1 unspecified atom stereocenters. The summed E-state index contributed by atoms with van der Waals surface area (Å²) >= 11 is 0. The van der Waals surface area contributed by atoms with Gasteiger partial charge in [-0.3, -0.25) is 4.79 Å². The molecule has 0 aromatic heterocycles. The average Bonchev–Trinajstić information content (AvgIpc) is 3.33. The highest BCUT2D eigenvalue weighted by atomic mass is 35.5. The third kappa shape index (κ3) is 5.46. The van der Waals surface area contributed by atoms with Crippen LogP contribution in [0.5, 0.6) is 0 Å². The molecule has 1 atom stereocenters. The molecular weight excluding hydrogens is 338 g/mol. The smallest absolute Gasteiger partial charge is 0.240 e. The molecule has 8 heteroatoms. The van der Waals surface area contributed by atoms with Gasteiger partial charge in [0.1, 0.15) is 0 Å². The largest absolute Gasteiger partial charge is 0.349 e. The van der Waals surface area contributed by atoms with Crippen molar-refractivity contribution in [2.45, 2.75) is 36.6 Å². The number of rotatable bonds is 8. The summed E-state index contributed by atoms with van der Waals surface area (Å²) in [5.74, 6) is 0.248. The summed E-state index contributed by atoms with van der Waals surface area (Å²) < 4.78 is 26.5. The summed E-state index contributed by atoms with van der Waals surface area (Å²) in [6, 6.07) is 8.09. The summed E-state index contributed by atoms with van der Waals surface area (Å²) in [7, 11) is -3.56. The van der Waals surface area contributed by atoms with E-state index in [2.05, 4.69) is 10.0 Å². The lowest BCUT2D eigenvalue weighted by atomic mass is 9.96. The van der Waals surface area contributed by atoms with E-state index >= 15 is 0 Å². The van der Waals surface area contributed by atoms with Crippen molar-refractivity contribution in [3.05, 3.63) is 30.3 Å². The molecule has 6 nitrogen and oxygen atoms in total. The molecule has 1 aromatic rings. The fourth-order valence-corrected chi connectivity index (χ4v) is 3.46. The quantitative estimate of drug-likeness (QED) is 0.643. The molecule has 1 aromatic carbocycles. The first-order chi connectivity index (χ1) is 10.4. The first kappa shape index (κ1) is 19.9. The maximum atomic E-state index is 12.0. The number of halogens is 1. The lowest BCUT2D eigenvalue weighted by molar-refractivity contribution is -0.122. The van der Waals surface area contributed by atoms with Gasteiger partial charge in [-0.2, -0.15) is 0 Å². The van der Waals surface area contributed by atoms with Gasteiger partial charge in [-0.05, 0) is 37.8 Å². The number of carbonyl (C=O) groups is 1. The van der Waals surface area contributed by atoms with Crippen molar-refractivity contribution in [3.63, 3.8) is 0 Å². The van der Waals surface area contributed by atoms with E-state index in [1.54, 1.807) is 18.2 Å².